The predicted molar refractivity (Wildman–Crippen MR) is 103 cm³/mol. The van der Waals surface area contributed by atoms with Crippen molar-refractivity contribution in [3.63, 3.8) is 0 Å². The maximum atomic E-state index is 12.8. The van der Waals surface area contributed by atoms with E-state index in [9.17, 15) is 4.79 Å². The molecule has 3 aromatic rings. The van der Waals surface area contributed by atoms with E-state index in [-0.39, 0.29) is 11.9 Å². The lowest BCUT2D eigenvalue weighted by molar-refractivity contribution is 0.0940. The van der Waals surface area contributed by atoms with Crippen LogP contribution in [0.25, 0.3) is 0 Å². The minimum absolute atomic E-state index is 0.159. The molecule has 6 heteroatoms. The van der Waals surface area contributed by atoms with E-state index in [4.69, 9.17) is 11.6 Å². The number of amides is 1. The molecule has 24 heavy (non-hydrogen) atoms. The highest BCUT2D eigenvalue weighted by atomic mass is 127. The van der Waals surface area contributed by atoms with Crippen LogP contribution in [0.1, 0.15) is 27.8 Å². The third-order valence-electron chi connectivity index (χ3n) is 3.70. The van der Waals surface area contributed by atoms with E-state index in [1.807, 2.05) is 48.1 Å². The number of nitrogens with zero attached hydrogens (tertiary/aromatic N) is 2. The van der Waals surface area contributed by atoms with Gasteiger partial charge < -0.3 is 9.88 Å². The molecule has 1 N–H and O–H groups in total. The first-order valence-electron chi connectivity index (χ1n) is 7.34. The molecule has 0 fully saturated rings. The normalized spacial score (nSPS) is 12.0. The Morgan fingerprint density at radius 1 is 1.25 bits per heavy atom. The van der Waals surface area contributed by atoms with Crippen LogP contribution in [0.15, 0.2) is 60.9 Å². The number of rotatable bonds is 4. The molecule has 0 saturated carbocycles. The second-order valence-electron chi connectivity index (χ2n) is 5.34. The van der Waals surface area contributed by atoms with E-state index in [1.165, 1.54) is 0 Å². The van der Waals surface area contributed by atoms with Crippen molar-refractivity contribution in [2.75, 3.05) is 0 Å². The van der Waals surface area contributed by atoms with E-state index in [1.54, 1.807) is 24.4 Å². The van der Waals surface area contributed by atoms with E-state index in [0.29, 0.717) is 10.6 Å². The summed E-state index contributed by atoms with van der Waals surface area (Å²) in [4.78, 5) is 17.2. The van der Waals surface area contributed by atoms with Crippen molar-refractivity contribution < 1.29 is 4.79 Å². The van der Waals surface area contributed by atoms with Gasteiger partial charge in [-0.25, -0.2) is 4.98 Å². The van der Waals surface area contributed by atoms with Crippen LogP contribution in [0, 0.1) is 3.57 Å². The average Bonchev–Trinajstić information content (AvgIpc) is 2.99. The Balaban J connectivity index is 1.95. The largest absolute Gasteiger partial charge is 0.338 e. The molecule has 0 aliphatic rings. The summed E-state index contributed by atoms with van der Waals surface area (Å²) in [6, 6.07) is 14.7. The molecule has 0 radical (unpaired) electrons. The number of hydrogen-bond acceptors (Lipinski definition) is 2. The fourth-order valence-corrected chi connectivity index (χ4v) is 3.60. The van der Waals surface area contributed by atoms with Crippen LogP contribution >= 0.6 is 34.2 Å². The molecular formula is C18H15ClIN3O. The topological polar surface area (TPSA) is 46.9 Å². The molecule has 0 spiro atoms. The third kappa shape index (κ3) is 3.62. The maximum absolute atomic E-state index is 12.8. The van der Waals surface area contributed by atoms with Crippen molar-refractivity contribution >= 4 is 40.1 Å². The Hall–Kier alpha value is -1.86. The van der Waals surface area contributed by atoms with Crippen LogP contribution in [0.3, 0.4) is 0 Å². The fraction of sp³-hybridized carbons (Fsp3) is 0.111. The second kappa shape index (κ2) is 7.36. The summed E-state index contributed by atoms with van der Waals surface area (Å²) in [5.74, 6) is 0.617. The summed E-state index contributed by atoms with van der Waals surface area (Å²) in [6.07, 6.45) is 3.59. The lowest BCUT2D eigenvalue weighted by Gasteiger charge is -2.19. The highest BCUT2D eigenvalue weighted by Gasteiger charge is 2.22. The van der Waals surface area contributed by atoms with Gasteiger partial charge in [-0.15, -0.1) is 0 Å². The lowest BCUT2D eigenvalue weighted by atomic mass is 10.1. The van der Waals surface area contributed by atoms with Gasteiger partial charge in [0.15, 0.2) is 0 Å². The first kappa shape index (κ1) is 17.0. The number of benzene rings is 2. The van der Waals surface area contributed by atoms with E-state index < -0.39 is 0 Å². The number of aryl methyl sites for hydroxylation is 1. The first-order valence-corrected chi connectivity index (χ1v) is 8.80. The monoisotopic (exact) mass is 451 g/mol. The minimum Gasteiger partial charge on any atom is -0.338 e. The van der Waals surface area contributed by atoms with Crippen molar-refractivity contribution in [1.82, 2.24) is 14.9 Å². The third-order valence-corrected chi connectivity index (χ3v) is 4.83. The van der Waals surface area contributed by atoms with Crippen LogP contribution in [0.4, 0.5) is 0 Å². The number of carbonyl (C=O) groups is 1. The van der Waals surface area contributed by atoms with Crippen LogP contribution in [-0.2, 0) is 7.05 Å². The zero-order valence-corrected chi connectivity index (χ0v) is 15.8. The lowest BCUT2D eigenvalue weighted by Crippen LogP contribution is -2.31. The standard InChI is InChI=1S/C18H15ClIN3O/c1-23-10-9-21-17(23)16(12-5-3-2-4-6-12)22-18(24)14-8-7-13(19)11-15(14)20/h2-11,16H,1H3,(H,22,24). The summed E-state index contributed by atoms with van der Waals surface area (Å²) in [5, 5.41) is 3.69. The number of imidazole rings is 1. The first-order chi connectivity index (χ1) is 11.6. The van der Waals surface area contributed by atoms with Crippen LogP contribution in [0.5, 0.6) is 0 Å². The number of halogens is 2. The summed E-state index contributed by atoms with van der Waals surface area (Å²) in [7, 11) is 1.91. The molecule has 3 rings (SSSR count). The Morgan fingerprint density at radius 2 is 2.00 bits per heavy atom. The molecule has 0 aliphatic carbocycles. The van der Waals surface area contributed by atoms with Gasteiger partial charge in [-0.2, -0.15) is 0 Å². The van der Waals surface area contributed by atoms with Gasteiger partial charge in [0, 0.05) is 28.0 Å². The second-order valence-corrected chi connectivity index (χ2v) is 6.94. The molecule has 4 nitrogen and oxygen atoms in total. The summed E-state index contributed by atoms with van der Waals surface area (Å²) in [6.45, 7) is 0. The molecule has 0 saturated heterocycles. The fourth-order valence-electron chi connectivity index (χ4n) is 2.48. The molecular weight excluding hydrogens is 437 g/mol. The van der Waals surface area contributed by atoms with E-state index in [2.05, 4.69) is 32.9 Å². The summed E-state index contributed by atoms with van der Waals surface area (Å²) in [5.41, 5.74) is 1.57. The number of aromatic nitrogens is 2. The van der Waals surface area contributed by atoms with Crippen LogP contribution < -0.4 is 5.32 Å². The molecule has 0 aliphatic heterocycles. The Labute approximate surface area is 159 Å². The average molecular weight is 452 g/mol. The number of carbonyl (C=O) groups excluding carboxylic acids is 1. The molecule has 2 aromatic carbocycles. The summed E-state index contributed by atoms with van der Waals surface area (Å²) < 4.78 is 2.72. The molecule has 1 aromatic heterocycles. The van der Waals surface area contributed by atoms with Gasteiger partial charge in [-0.1, -0.05) is 41.9 Å². The van der Waals surface area contributed by atoms with Crippen LogP contribution in [-0.4, -0.2) is 15.5 Å². The van der Waals surface area contributed by atoms with Gasteiger partial charge in [-0.3, -0.25) is 4.79 Å². The molecule has 1 heterocycles. The quantitative estimate of drug-likeness (QED) is 0.605. The smallest absolute Gasteiger partial charge is 0.253 e. The molecule has 1 atom stereocenters. The zero-order valence-electron chi connectivity index (χ0n) is 12.9. The minimum atomic E-state index is -0.329. The van der Waals surface area contributed by atoms with E-state index >= 15 is 0 Å². The van der Waals surface area contributed by atoms with Crippen molar-refractivity contribution in [3.8, 4) is 0 Å². The van der Waals surface area contributed by atoms with Gasteiger partial charge >= 0.3 is 0 Å². The van der Waals surface area contributed by atoms with Gasteiger partial charge in [-0.05, 0) is 46.4 Å². The van der Waals surface area contributed by atoms with Crippen molar-refractivity contribution in [1.29, 1.82) is 0 Å². The Morgan fingerprint density at radius 3 is 2.62 bits per heavy atom. The van der Waals surface area contributed by atoms with Gasteiger partial charge in [0.05, 0.1) is 5.56 Å². The highest BCUT2D eigenvalue weighted by Crippen LogP contribution is 2.23. The SMILES string of the molecule is Cn1ccnc1C(NC(=O)c1ccc(Cl)cc1I)c1ccccc1. The molecule has 0 bridgehead atoms. The number of hydrogen-bond donors (Lipinski definition) is 1. The number of nitrogens with one attached hydrogen (secondary N) is 1. The maximum Gasteiger partial charge on any atom is 0.253 e. The van der Waals surface area contributed by atoms with E-state index in [0.717, 1.165) is 15.0 Å². The predicted octanol–water partition coefficient (Wildman–Crippen LogP) is 4.20. The Bertz CT molecular complexity index is 864. The van der Waals surface area contributed by atoms with Gasteiger partial charge in [0.2, 0.25) is 0 Å². The molecule has 122 valence electrons. The Kier molecular flexibility index (Phi) is 5.20. The van der Waals surface area contributed by atoms with Crippen molar-refractivity contribution in [3.05, 3.63) is 86.5 Å². The summed E-state index contributed by atoms with van der Waals surface area (Å²) >= 11 is 8.09. The van der Waals surface area contributed by atoms with Crippen molar-refractivity contribution in [2.24, 2.45) is 7.05 Å². The zero-order chi connectivity index (χ0) is 17.1. The molecule has 1 unspecified atom stereocenters. The molecule has 1 amide bonds. The highest BCUT2D eigenvalue weighted by molar-refractivity contribution is 14.1. The van der Waals surface area contributed by atoms with Gasteiger partial charge in [0.25, 0.3) is 5.91 Å². The van der Waals surface area contributed by atoms with Crippen molar-refractivity contribution in [2.45, 2.75) is 6.04 Å². The van der Waals surface area contributed by atoms with Crippen LogP contribution in [0.2, 0.25) is 5.02 Å². The van der Waals surface area contributed by atoms with Gasteiger partial charge in [0.1, 0.15) is 11.9 Å².